The molecule has 0 N–H and O–H groups in total. The van der Waals surface area contributed by atoms with Gasteiger partial charge in [0, 0.05) is 44.1 Å². The molecule has 1 aromatic carbocycles. The molecule has 140 valence electrons. The molecular weight excluding hydrogens is 348 g/mol. The Hall–Kier alpha value is -1.70. The van der Waals surface area contributed by atoms with Crippen LogP contribution in [0.4, 0.5) is 0 Å². The minimum Gasteiger partial charge on any atom is -0.297 e. The van der Waals surface area contributed by atoms with Crippen LogP contribution in [-0.4, -0.2) is 71.2 Å². The van der Waals surface area contributed by atoms with Crippen LogP contribution in [0, 0.1) is 0 Å². The molecule has 7 heteroatoms. The zero-order valence-electron chi connectivity index (χ0n) is 15.2. The van der Waals surface area contributed by atoms with Crippen molar-refractivity contribution < 1.29 is 8.42 Å². The highest BCUT2D eigenvalue weighted by Gasteiger charge is 2.45. The van der Waals surface area contributed by atoms with E-state index >= 15 is 0 Å². The predicted molar refractivity (Wildman–Crippen MR) is 102 cm³/mol. The maximum Gasteiger partial charge on any atom is 0.153 e. The van der Waals surface area contributed by atoms with E-state index in [1.54, 1.807) is 6.20 Å². The number of piperazine rings is 1. The van der Waals surface area contributed by atoms with Gasteiger partial charge in [-0.3, -0.25) is 14.5 Å². The van der Waals surface area contributed by atoms with Crippen LogP contribution in [0.1, 0.15) is 18.1 Å². The Kier molecular flexibility index (Phi) is 4.86. The van der Waals surface area contributed by atoms with E-state index in [2.05, 4.69) is 46.1 Å². The zero-order valence-corrected chi connectivity index (χ0v) is 16.0. The molecule has 3 heterocycles. The second-order valence-electron chi connectivity index (χ2n) is 7.33. The van der Waals surface area contributed by atoms with Crippen molar-refractivity contribution >= 4 is 9.84 Å². The first-order valence-corrected chi connectivity index (χ1v) is 11.1. The summed E-state index contributed by atoms with van der Waals surface area (Å²) in [4.78, 5) is 4.70. The quantitative estimate of drug-likeness (QED) is 0.788. The number of hydrogen-bond acceptors (Lipinski definition) is 5. The van der Waals surface area contributed by atoms with E-state index in [4.69, 9.17) is 0 Å². The van der Waals surface area contributed by atoms with Gasteiger partial charge in [-0.1, -0.05) is 31.2 Å². The number of aromatic nitrogens is 2. The first kappa shape index (κ1) is 17.7. The summed E-state index contributed by atoms with van der Waals surface area (Å²) in [6.45, 7) is 6.51. The van der Waals surface area contributed by atoms with E-state index in [-0.39, 0.29) is 12.1 Å². The number of benzene rings is 1. The monoisotopic (exact) mass is 374 g/mol. The highest BCUT2D eigenvalue weighted by Crippen LogP contribution is 2.28. The van der Waals surface area contributed by atoms with Gasteiger partial charge in [0.05, 0.1) is 18.1 Å². The van der Waals surface area contributed by atoms with Crippen LogP contribution < -0.4 is 0 Å². The van der Waals surface area contributed by atoms with Gasteiger partial charge in [-0.15, -0.1) is 0 Å². The average molecular weight is 375 g/mol. The molecule has 0 unspecified atom stereocenters. The molecule has 2 aliphatic rings. The fourth-order valence-electron chi connectivity index (χ4n) is 4.25. The van der Waals surface area contributed by atoms with Gasteiger partial charge in [-0.25, -0.2) is 8.42 Å². The predicted octanol–water partition coefficient (Wildman–Crippen LogP) is 1.23. The van der Waals surface area contributed by atoms with Crippen LogP contribution in [-0.2, 0) is 22.9 Å². The number of sulfone groups is 1. The third-order valence-electron chi connectivity index (χ3n) is 5.62. The summed E-state index contributed by atoms with van der Waals surface area (Å²) in [7, 11) is -2.93. The second-order valence-corrected chi connectivity index (χ2v) is 9.48. The standard InChI is InChI=1S/C19H26N4O2S/c1-2-21-10-11-22(19-15-26(24,25)14-18(19)21)12-16-4-6-17(7-5-16)13-23-9-3-8-20-23/h3-9,18-19H,2,10-15H2,1H3/t18-,19+/m0/s1. The summed E-state index contributed by atoms with van der Waals surface area (Å²) in [5.41, 5.74) is 2.46. The number of fused-ring (bicyclic) bond motifs is 1. The van der Waals surface area contributed by atoms with Crippen molar-refractivity contribution in [3.05, 3.63) is 53.9 Å². The third-order valence-corrected chi connectivity index (χ3v) is 7.32. The Labute approximate surface area is 155 Å². The third kappa shape index (κ3) is 3.70. The van der Waals surface area contributed by atoms with Crippen LogP contribution in [0.25, 0.3) is 0 Å². The van der Waals surface area contributed by atoms with Gasteiger partial charge in [0.1, 0.15) is 0 Å². The minimum atomic E-state index is -2.93. The lowest BCUT2D eigenvalue weighted by molar-refractivity contribution is 0.0439. The van der Waals surface area contributed by atoms with Crippen LogP contribution in [0.15, 0.2) is 42.7 Å². The molecular formula is C19H26N4O2S. The van der Waals surface area contributed by atoms with Crippen molar-refractivity contribution in [3.8, 4) is 0 Å². The minimum absolute atomic E-state index is 0.123. The van der Waals surface area contributed by atoms with E-state index in [0.29, 0.717) is 11.5 Å². The van der Waals surface area contributed by atoms with Gasteiger partial charge in [0.2, 0.25) is 0 Å². The van der Waals surface area contributed by atoms with Gasteiger partial charge in [0.15, 0.2) is 9.84 Å². The Morgan fingerprint density at radius 3 is 2.23 bits per heavy atom. The van der Waals surface area contributed by atoms with Crippen LogP contribution in [0.2, 0.25) is 0 Å². The topological polar surface area (TPSA) is 58.4 Å². The summed E-state index contributed by atoms with van der Waals surface area (Å²) < 4.78 is 26.3. The molecule has 0 spiro atoms. The van der Waals surface area contributed by atoms with E-state index in [1.165, 1.54) is 11.1 Å². The van der Waals surface area contributed by atoms with E-state index in [9.17, 15) is 8.42 Å². The van der Waals surface area contributed by atoms with Gasteiger partial charge < -0.3 is 0 Å². The van der Waals surface area contributed by atoms with Crippen molar-refractivity contribution in [1.29, 1.82) is 0 Å². The first-order chi connectivity index (χ1) is 12.5. The van der Waals surface area contributed by atoms with E-state index in [0.717, 1.165) is 32.7 Å². The van der Waals surface area contributed by atoms with Crippen molar-refractivity contribution in [1.82, 2.24) is 19.6 Å². The Morgan fingerprint density at radius 1 is 1.00 bits per heavy atom. The first-order valence-electron chi connectivity index (χ1n) is 9.28. The molecule has 2 fully saturated rings. The second kappa shape index (κ2) is 7.13. The number of likely N-dealkylation sites (N-methyl/N-ethyl adjacent to an activating group) is 1. The van der Waals surface area contributed by atoms with Crippen molar-refractivity contribution in [2.45, 2.75) is 32.1 Å². The summed E-state index contributed by atoms with van der Waals surface area (Å²) in [5, 5.41) is 4.24. The maximum atomic E-state index is 12.2. The Balaban J connectivity index is 1.45. The molecule has 4 rings (SSSR count). The van der Waals surface area contributed by atoms with Gasteiger partial charge in [-0.2, -0.15) is 5.10 Å². The number of nitrogens with zero attached hydrogens (tertiary/aromatic N) is 4. The molecule has 0 saturated carbocycles. The Bertz CT molecular complexity index is 833. The van der Waals surface area contributed by atoms with Gasteiger partial charge in [-0.05, 0) is 23.7 Å². The smallest absolute Gasteiger partial charge is 0.153 e. The van der Waals surface area contributed by atoms with Crippen molar-refractivity contribution in [3.63, 3.8) is 0 Å². The van der Waals surface area contributed by atoms with Crippen molar-refractivity contribution in [2.24, 2.45) is 0 Å². The molecule has 2 aliphatic heterocycles. The van der Waals surface area contributed by atoms with Gasteiger partial charge in [0.25, 0.3) is 0 Å². The number of hydrogen-bond donors (Lipinski definition) is 0. The molecule has 6 nitrogen and oxygen atoms in total. The lowest BCUT2D eigenvalue weighted by Gasteiger charge is -2.43. The molecule has 2 atom stereocenters. The van der Waals surface area contributed by atoms with E-state index in [1.807, 2.05) is 16.9 Å². The van der Waals surface area contributed by atoms with E-state index < -0.39 is 9.84 Å². The summed E-state index contributed by atoms with van der Waals surface area (Å²) in [6, 6.07) is 10.8. The molecule has 2 aromatic rings. The van der Waals surface area contributed by atoms with Crippen LogP contribution in [0.3, 0.4) is 0 Å². The number of rotatable bonds is 5. The summed E-state index contributed by atoms with van der Waals surface area (Å²) in [6.07, 6.45) is 3.75. The molecule has 0 aliphatic carbocycles. The highest BCUT2D eigenvalue weighted by atomic mass is 32.2. The SMILES string of the molecule is CCN1CCN(Cc2ccc(Cn3cccn3)cc2)[C@@H]2CS(=O)(=O)C[C@@H]21. The fraction of sp³-hybridized carbons (Fsp3) is 0.526. The normalized spacial score (nSPS) is 26.0. The summed E-state index contributed by atoms with van der Waals surface area (Å²) in [5.74, 6) is 0.608. The molecule has 26 heavy (non-hydrogen) atoms. The largest absolute Gasteiger partial charge is 0.297 e. The highest BCUT2D eigenvalue weighted by molar-refractivity contribution is 7.91. The molecule has 0 bridgehead atoms. The molecule has 0 amide bonds. The molecule has 0 radical (unpaired) electrons. The zero-order chi connectivity index (χ0) is 18.1. The van der Waals surface area contributed by atoms with Crippen LogP contribution in [0.5, 0.6) is 0 Å². The maximum absolute atomic E-state index is 12.2. The van der Waals surface area contributed by atoms with Crippen molar-refractivity contribution in [2.75, 3.05) is 31.1 Å². The average Bonchev–Trinajstić information content (AvgIpc) is 3.23. The summed E-state index contributed by atoms with van der Waals surface area (Å²) >= 11 is 0. The molecule has 1 aromatic heterocycles. The lowest BCUT2D eigenvalue weighted by atomic mass is 10.0. The van der Waals surface area contributed by atoms with Crippen LogP contribution >= 0.6 is 0 Å². The van der Waals surface area contributed by atoms with Gasteiger partial charge >= 0.3 is 0 Å². The molecule has 2 saturated heterocycles. The fourth-order valence-corrected chi connectivity index (χ4v) is 6.29. The Morgan fingerprint density at radius 2 is 1.62 bits per heavy atom. The lowest BCUT2D eigenvalue weighted by Crippen LogP contribution is -2.58.